The zero-order valence-corrected chi connectivity index (χ0v) is 24.7. The van der Waals surface area contributed by atoms with Gasteiger partial charge in [-0.3, -0.25) is 34.3 Å². The largest absolute Gasteiger partial charge is 0.391 e. The fourth-order valence-corrected chi connectivity index (χ4v) is 4.44. The summed E-state index contributed by atoms with van der Waals surface area (Å²) in [5.41, 5.74) is 10.9. The molecule has 0 aromatic heterocycles. The molecule has 0 aliphatic carbocycles. The fourth-order valence-electron chi connectivity index (χ4n) is 4.44. The number of aliphatic imine (C=N–C) groups is 1. The molecule has 2 rings (SSSR count). The highest BCUT2D eigenvalue weighted by Crippen LogP contribution is 2.17. The maximum absolute atomic E-state index is 13.3. The molecule has 0 radical (unpaired) electrons. The van der Waals surface area contributed by atoms with Crippen molar-refractivity contribution < 1.29 is 29.2 Å². The molecule has 0 spiro atoms. The summed E-state index contributed by atoms with van der Waals surface area (Å²) in [7, 11) is 0. The van der Waals surface area contributed by atoms with E-state index in [0.29, 0.717) is 25.8 Å². The molecule has 1 saturated heterocycles. The van der Waals surface area contributed by atoms with Gasteiger partial charge in [0.2, 0.25) is 23.6 Å². The number of amides is 4. The van der Waals surface area contributed by atoms with E-state index in [9.17, 15) is 34.4 Å². The molecular weight excluding hydrogens is 562 g/mol. The minimum absolute atomic E-state index is 0.112. The van der Waals surface area contributed by atoms with Crippen LogP contribution in [-0.4, -0.2) is 83.0 Å². The molecule has 1 aromatic rings. The maximum atomic E-state index is 13.3. The van der Waals surface area contributed by atoms with Crippen LogP contribution in [0.1, 0.15) is 52.9 Å². The van der Waals surface area contributed by atoms with Crippen molar-refractivity contribution in [1.29, 1.82) is 0 Å². The van der Waals surface area contributed by atoms with Crippen molar-refractivity contribution in [1.82, 2.24) is 21.3 Å². The molecule has 43 heavy (non-hydrogen) atoms. The summed E-state index contributed by atoms with van der Waals surface area (Å²) in [6.07, 6.45) is 1.09. The highest BCUT2D eigenvalue weighted by atomic mass is 16.6. The van der Waals surface area contributed by atoms with Gasteiger partial charge in [-0.1, -0.05) is 20.3 Å². The summed E-state index contributed by atoms with van der Waals surface area (Å²) in [6.45, 7) is 5.78. The van der Waals surface area contributed by atoms with Crippen LogP contribution in [0.3, 0.4) is 0 Å². The van der Waals surface area contributed by atoms with Gasteiger partial charge in [-0.05, 0) is 57.2 Å². The number of nitro benzene ring substituents is 1. The van der Waals surface area contributed by atoms with Crippen molar-refractivity contribution >= 4 is 41.0 Å². The Morgan fingerprint density at radius 1 is 1.07 bits per heavy atom. The Labute approximate surface area is 250 Å². The van der Waals surface area contributed by atoms with Gasteiger partial charge in [0.05, 0.1) is 17.1 Å². The highest BCUT2D eigenvalue weighted by molar-refractivity contribution is 5.99. The number of carbonyl (C=O) groups excluding carboxylic acids is 4. The third-order valence-electron chi connectivity index (χ3n) is 7.16. The van der Waals surface area contributed by atoms with Gasteiger partial charge >= 0.3 is 0 Å². The Morgan fingerprint density at radius 3 is 2.26 bits per heavy atom. The second-order valence-corrected chi connectivity index (χ2v) is 10.6. The molecule has 1 aliphatic heterocycles. The first kappa shape index (κ1) is 34.9. The number of carbonyl (C=O) groups is 4. The molecule has 1 fully saturated rings. The molecule has 0 bridgehead atoms. The Morgan fingerprint density at radius 2 is 1.72 bits per heavy atom. The minimum Gasteiger partial charge on any atom is -0.391 e. The number of hydrogen-bond acceptors (Lipinski definition) is 9. The molecule has 0 saturated carbocycles. The number of anilines is 1. The highest BCUT2D eigenvalue weighted by Gasteiger charge is 2.34. The molecule has 238 valence electrons. The van der Waals surface area contributed by atoms with Gasteiger partial charge in [0, 0.05) is 24.4 Å². The summed E-state index contributed by atoms with van der Waals surface area (Å²) in [5.74, 6) is -2.92. The van der Waals surface area contributed by atoms with Gasteiger partial charge in [0.25, 0.3) is 5.69 Å². The van der Waals surface area contributed by atoms with Gasteiger partial charge in [0.1, 0.15) is 18.1 Å². The lowest BCUT2D eigenvalue weighted by Crippen LogP contribution is -2.60. The lowest BCUT2D eigenvalue weighted by molar-refractivity contribution is -0.384. The minimum atomic E-state index is -1.45. The van der Waals surface area contributed by atoms with Gasteiger partial charge in [0.15, 0.2) is 5.96 Å². The quantitative estimate of drug-likeness (QED) is 0.0383. The second-order valence-electron chi connectivity index (χ2n) is 10.6. The van der Waals surface area contributed by atoms with E-state index >= 15 is 0 Å². The number of aliphatic hydroxyl groups is 1. The number of nitro groups is 1. The van der Waals surface area contributed by atoms with E-state index in [-0.39, 0.29) is 42.1 Å². The summed E-state index contributed by atoms with van der Waals surface area (Å²) in [6, 6.07) is 1.20. The van der Waals surface area contributed by atoms with E-state index in [1.165, 1.54) is 31.2 Å². The number of hydrogen-bond donors (Lipinski definition) is 8. The molecule has 16 nitrogen and oxygen atoms in total. The van der Waals surface area contributed by atoms with Crippen molar-refractivity contribution in [2.24, 2.45) is 22.4 Å². The van der Waals surface area contributed by atoms with Gasteiger partial charge in [-0.2, -0.15) is 0 Å². The summed E-state index contributed by atoms with van der Waals surface area (Å²) >= 11 is 0. The smallest absolute Gasteiger partial charge is 0.269 e. The Kier molecular flexibility index (Phi) is 13.8. The molecule has 6 atom stereocenters. The molecular formula is C27H43N9O7. The number of guanidine groups is 1. The average molecular weight is 606 g/mol. The van der Waals surface area contributed by atoms with Crippen LogP contribution in [0.15, 0.2) is 29.3 Å². The van der Waals surface area contributed by atoms with Gasteiger partial charge in [-0.25, -0.2) is 0 Å². The standard InChI is InChI=1S/C27H43N9O7/c1-4-15(2)21(25(40)32-17-9-11-18(12-10-17)36(42)43)34-26(41)22(16(3)37)35-24(39)20(8-6-14-31-27(28)29)33-23(38)19-7-5-13-30-19/h9-12,15-16,19-22,30,37H,4-8,13-14H2,1-3H3,(H,32,40)(H,33,38)(H,34,41)(H,35,39)(H4,28,29,31)/t15-,16+,19-,20-,21-,22-/m0/s1. The van der Waals surface area contributed by atoms with Crippen LogP contribution >= 0.6 is 0 Å². The van der Waals surface area contributed by atoms with Gasteiger partial charge < -0.3 is 43.2 Å². The SMILES string of the molecule is CC[C@H](C)[C@H](NC(=O)[C@@H](NC(=O)[C@H](CCCN=C(N)N)NC(=O)[C@@H]1CCCN1)[C@@H](C)O)C(=O)Nc1ccc([N+](=O)[O-])cc1. The van der Waals surface area contributed by atoms with Gasteiger partial charge in [-0.15, -0.1) is 0 Å². The van der Waals surface area contributed by atoms with E-state index in [2.05, 4.69) is 31.6 Å². The number of nitrogens with zero attached hydrogens (tertiary/aromatic N) is 2. The number of nitrogens with one attached hydrogen (secondary N) is 5. The number of non-ortho nitro benzene ring substituents is 1. The lowest BCUT2D eigenvalue weighted by atomic mass is 9.97. The molecule has 1 heterocycles. The first-order valence-corrected chi connectivity index (χ1v) is 14.3. The van der Waals surface area contributed by atoms with Crippen LogP contribution in [0.2, 0.25) is 0 Å². The van der Waals surface area contributed by atoms with Crippen molar-refractivity contribution in [3.8, 4) is 0 Å². The Bertz CT molecular complexity index is 1150. The van der Waals surface area contributed by atoms with E-state index in [0.717, 1.165) is 6.42 Å². The molecule has 16 heteroatoms. The summed E-state index contributed by atoms with van der Waals surface area (Å²) in [5, 5.41) is 34.9. The van der Waals surface area contributed by atoms with E-state index in [4.69, 9.17) is 11.5 Å². The van der Waals surface area contributed by atoms with E-state index < -0.39 is 52.9 Å². The van der Waals surface area contributed by atoms with Crippen LogP contribution in [-0.2, 0) is 19.2 Å². The van der Waals surface area contributed by atoms with Crippen LogP contribution in [0.25, 0.3) is 0 Å². The Hall–Kier alpha value is -4.31. The Balaban J connectivity index is 2.15. The topological polar surface area (TPSA) is 256 Å². The first-order valence-electron chi connectivity index (χ1n) is 14.3. The molecule has 4 amide bonds. The van der Waals surface area contributed by atoms with Crippen LogP contribution in [0.4, 0.5) is 11.4 Å². The molecule has 1 aromatic carbocycles. The van der Waals surface area contributed by atoms with Crippen LogP contribution in [0.5, 0.6) is 0 Å². The zero-order valence-electron chi connectivity index (χ0n) is 24.7. The summed E-state index contributed by atoms with van der Waals surface area (Å²) in [4.78, 5) is 66.8. The molecule has 10 N–H and O–H groups in total. The predicted octanol–water partition coefficient (Wildman–Crippen LogP) is -0.780. The molecule has 1 aliphatic rings. The van der Waals surface area contributed by atoms with Crippen LogP contribution in [0, 0.1) is 16.0 Å². The number of rotatable bonds is 16. The second kappa shape index (κ2) is 17.0. The number of aliphatic hydroxyl groups excluding tert-OH is 1. The maximum Gasteiger partial charge on any atom is 0.269 e. The number of nitrogens with two attached hydrogens (primary N) is 2. The van der Waals surface area contributed by atoms with Crippen molar-refractivity contribution in [2.45, 2.75) is 83.1 Å². The molecule has 0 unspecified atom stereocenters. The van der Waals surface area contributed by atoms with Crippen LogP contribution < -0.4 is 38.1 Å². The van der Waals surface area contributed by atoms with E-state index in [1.54, 1.807) is 6.92 Å². The third-order valence-corrected chi connectivity index (χ3v) is 7.16. The third kappa shape index (κ3) is 11.1. The average Bonchev–Trinajstić information content (AvgIpc) is 3.50. The monoisotopic (exact) mass is 605 g/mol. The number of benzene rings is 1. The predicted molar refractivity (Wildman–Crippen MR) is 160 cm³/mol. The first-order chi connectivity index (χ1) is 20.3. The van der Waals surface area contributed by atoms with Crippen molar-refractivity contribution in [2.75, 3.05) is 18.4 Å². The van der Waals surface area contributed by atoms with E-state index in [1.807, 2.05) is 6.92 Å². The zero-order chi connectivity index (χ0) is 32.1. The van der Waals surface area contributed by atoms with Crippen molar-refractivity contribution in [3.05, 3.63) is 34.4 Å². The lowest BCUT2D eigenvalue weighted by Gasteiger charge is -2.29. The summed E-state index contributed by atoms with van der Waals surface area (Å²) < 4.78 is 0. The normalized spacial score (nSPS) is 17.8. The fraction of sp³-hybridized carbons (Fsp3) is 0.593. The van der Waals surface area contributed by atoms with Crippen molar-refractivity contribution in [3.63, 3.8) is 0 Å².